The molecule has 0 saturated carbocycles. The van der Waals surface area contributed by atoms with Crippen molar-refractivity contribution in [3.8, 4) is 0 Å². The van der Waals surface area contributed by atoms with E-state index in [0.29, 0.717) is 11.0 Å². The molecule has 0 aromatic heterocycles. The molecule has 0 unspecified atom stereocenters. The van der Waals surface area contributed by atoms with Crippen LogP contribution in [-0.4, -0.2) is 29.8 Å². The number of hydrogen-bond acceptors (Lipinski definition) is 2. The van der Waals surface area contributed by atoms with Crippen molar-refractivity contribution in [2.24, 2.45) is 0 Å². The van der Waals surface area contributed by atoms with Crippen LogP contribution in [0.1, 0.15) is 156 Å². The molecular formula is C32H62NO3S+. The smallest absolute Gasteiger partial charge is 0.270 e. The van der Waals surface area contributed by atoms with E-state index in [0.717, 1.165) is 19.3 Å². The summed E-state index contributed by atoms with van der Waals surface area (Å²) in [7, 11) is -4.02. The van der Waals surface area contributed by atoms with Crippen molar-refractivity contribution in [1.29, 1.82) is 0 Å². The first-order chi connectivity index (χ1) is 17.9. The predicted molar refractivity (Wildman–Crippen MR) is 163 cm³/mol. The van der Waals surface area contributed by atoms with Crippen LogP contribution in [-0.2, 0) is 10.1 Å². The monoisotopic (exact) mass is 540 g/mol. The summed E-state index contributed by atoms with van der Waals surface area (Å²) in [6.45, 7) is 7.05. The van der Waals surface area contributed by atoms with E-state index >= 15 is 0 Å². The van der Waals surface area contributed by atoms with Crippen molar-refractivity contribution >= 4 is 10.1 Å². The van der Waals surface area contributed by atoms with Crippen LogP contribution in [0.5, 0.6) is 0 Å². The molecule has 0 saturated heterocycles. The molecular weight excluding hydrogens is 478 g/mol. The Balaban J connectivity index is 5.18. The van der Waals surface area contributed by atoms with E-state index < -0.39 is 10.1 Å². The van der Waals surface area contributed by atoms with Crippen LogP contribution < -0.4 is 0 Å². The average molecular weight is 541 g/mol. The highest BCUT2D eigenvalue weighted by atomic mass is 32.2. The van der Waals surface area contributed by atoms with Gasteiger partial charge >= 0.3 is 0 Å². The average Bonchev–Trinajstić information content (AvgIpc) is 2.87. The molecule has 0 aromatic carbocycles. The maximum absolute atomic E-state index is 11.7. The summed E-state index contributed by atoms with van der Waals surface area (Å²) in [6, 6.07) is 0. The Morgan fingerprint density at radius 1 is 0.514 bits per heavy atom. The number of unbranched alkanes of at least 4 members (excludes halogenated alkanes) is 18. The number of allylic oxidation sites excluding steroid dienone is 3. The minimum absolute atomic E-state index is 0.239. The van der Waals surface area contributed by atoms with E-state index in [2.05, 4.69) is 57.6 Å². The van der Waals surface area contributed by atoms with Gasteiger partial charge in [0.05, 0.1) is 0 Å². The highest BCUT2D eigenvalue weighted by molar-refractivity contribution is 7.85. The molecule has 37 heavy (non-hydrogen) atoms. The number of nitrogens with zero attached hydrogens (tertiary/aromatic N) is 1. The van der Waals surface area contributed by atoms with E-state index in [4.69, 9.17) is 0 Å². The Kier molecular flexibility index (Phi) is 24.7. The van der Waals surface area contributed by atoms with Gasteiger partial charge in [0, 0.05) is 0 Å². The summed E-state index contributed by atoms with van der Waals surface area (Å²) in [4.78, 5) is 0. The molecule has 0 spiro atoms. The van der Waals surface area contributed by atoms with Gasteiger partial charge in [0.2, 0.25) is 0 Å². The Bertz CT molecular complexity index is 618. The summed E-state index contributed by atoms with van der Waals surface area (Å²) in [6.07, 6.45) is 38.9. The molecule has 0 aliphatic rings. The maximum atomic E-state index is 11.7. The molecule has 218 valence electrons. The van der Waals surface area contributed by atoms with Crippen molar-refractivity contribution in [3.05, 3.63) is 36.8 Å². The summed E-state index contributed by atoms with van der Waals surface area (Å²) in [5.74, 6) is -0.239. The van der Waals surface area contributed by atoms with Crippen LogP contribution >= 0.6 is 0 Å². The first-order valence-electron chi connectivity index (χ1n) is 15.7. The second-order valence-electron chi connectivity index (χ2n) is 10.8. The summed E-state index contributed by atoms with van der Waals surface area (Å²) in [5.41, 5.74) is 0. The minimum atomic E-state index is -4.02. The van der Waals surface area contributed by atoms with Gasteiger partial charge in [0.15, 0.2) is 0 Å². The maximum Gasteiger partial charge on any atom is 0.270 e. The fourth-order valence-electron chi connectivity index (χ4n) is 4.59. The van der Waals surface area contributed by atoms with Gasteiger partial charge in [0.1, 0.15) is 30.9 Å². The lowest BCUT2D eigenvalue weighted by Crippen LogP contribution is -2.35. The number of quaternary nitrogens is 1. The zero-order chi connectivity index (χ0) is 27.5. The van der Waals surface area contributed by atoms with Crippen LogP contribution in [0.4, 0.5) is 0 Å². The molecule has 0 atom stereocenters. The second-order valence-corrected chi connectivity index (χ2v) is 12.4. The fourth-order valence-corrected chi connectivity index (χ4v) is 5.13. The Morgan fingerprint density at radius 2 is 0.811 bits per heavy atom. The van der Waals surface area contributed by atoms with Gasteiger partial charge in [-0.05, 0) is 56.8 Å². The summed E-state index contributed by atoms with van der Waals surface area (Å²) >= 11 is 0. The number of rotatable bonds is 27. The minimum Gasteiger partial charge on any atom is -0.285 e. The van der Waals surface area contributed by atoms with Crippen LogP contribution in [0.25, 0.3) is 0 Å². The second kappa shape index (κ2) is 25.4. The van der Waals surface area contributed by atoms with Crippen LogP contribution in [0.2, 0.25) is 0 Å². The quantitative estimate of drug-likeness (QED) is 0.0640. The normalized spacial score (nSPS) is 13.1. The van der Waals surface area contributed by atoms with Crippen LogP contribution in [0.3, 0.4) is 0 Å². The fraction of sp³-hybridized carbons (Fsp3) is 0.812. The zero-order valence-corrected chi connectivity index (χ0v) is 25.7. The molecule has 4 nitrogen and oxygen atoms in total. The third kappa shape index (κ3) is 25.1. The Hall–Kier alpha value is -0.910. The summed E-state index contributed by atoms with van der Waals surface area (Å²) < 4.78 is 33.2. The number of hydrogen-bond donors (Lipinski definition) is 1. The lowest BCUT2D eigenvalue weighted by Gasteiger charge is -2.26. The van der Waals surface area contributed by atoms with Crippen LogP contribution in [0, 0.1) is 0 Å². The zero-order valence-electron chi connectivity index (χ0n) is 24.8. The van der Waals surface area contributed by atoms with E-state index in [9.17, 15) is 13.0 Å². The highest BCUT2D eigenvalue weighted by Gasteiger charge is 2.22. The molecule has 5 heteroatoms. The van der Waals surface area contributed by atoms with E-state index in [-0.39, 0.29) is 5.75 Å². The molecule has 0 aliphatic carbocycles. The molecule has 0 bridgehead atoms. The Morgan fingerprint density at radius 3 is 1.11 bits per heavy atom. The van der Waals surface area contributed by atoms with Crippen molar-refractivity contribution in [3.63, 3.8) is 0 Å². The molecule has 0 aromatic rings. The standard InChI is InChI=1S/C32H61NO3S/c1-4-7-10-13-16-19-22-25-28-33(31-32-37(34,35)36,29-26-23-20-17-14-11-8-5-2)30-27-24-21-18-15-12-9-6-3/h25-30H,4-24,31-32H2,1-3H3/p+1/b28-25+,29-26+,30-27+. The largest absolute Gasteiger partial charge is 0.285 e. The molecule has 0 fully saturated rings. The van der Waals surface area contributed by atoms with Crippen molar-refractivity contribution in [1.82, 2.24) is 0 Å². The van der Waals surface area contributed by atoms with E-state index in [1.807, 2.05) is 0 Å². The Labute approximate surface area is 232 Å². The van der Waals surface area contributed by atoms with E-state index in [1.54, 1.807) is 0 Å². The van der Waals surface area contributed by atoms with Gasteiger partial charge in [-0.15, -0.1) is 0 Å². The third-order valence-corrected chi connectivity index (χ3v) is 7.76. The topological polar surface area (TPSA) is 54.4 Å². The first kappa shape index (κ1) is 36.1. The predicted octanol–water partition coefficient (Wildman–Crippen LogP) is 10.5. The molecule has 0 heterocycles. The molecule has 0 aliphatic heterocycles. The van der Waals surface area contributed by atoms with E-state index in [1.165, 1.54) is 116 Å². The molecule has 0 rings (SSSR count). The van der Waals surface area contributed by atoms with Gasteiger partial charge < -0.3 is 0 Å². The van der Waals surface area contributed by atoms with Crippen molar-refractivity contribution in [2.45, 2.75) is 156 Å². The third-order valence-electron chi connectivity index (χ3n) is 7.06. The van der Waals surface area contributed by atoms with Gasteiger partial charge in [-0.3, -0.25) is 4.55 Å². The van der Waals surface area contributed by atoms with Crippen molar-refractivity contribution in [2.75, 3.05) is 12.3 Å². The molecule has 1 N–H and O–H groups in total. The van der Waals surface area contributed by atoms with Gasteiger partial charge in [0.25, 0.3) is 10.1 Å². The van der Waals surface area contributed by atoms with Crippen LogP contribution in [0.15, 0.2) is 36.8 Å². The highest BCUT2D eigenvalue weighted by Crippen LogP contribution is 2.18. The molecule has 0 radical (unpaired) electrons. The lowest BCUT2D eigenvalue weighted by molar-refractivity contribution is -0.770. The van der Waals surface area contributed by atoms with Crippen molar-refractivity contribution < 1.29 is 17.5 Å². The van der Waals surface area contributed by atoms with Gasteiger partial charge in [-0.25, -0.2) is 4.48 Å². The summed E-state index contributed by atoms with van der Waals surface area (Å²) in [5, 5.41) is 0. The van der Waals surface area contributed by atoms with Gasteiger partial charge in [-0.1, -0.05) is 117 Å². The SMILES string of the molecule is CCCCCCCC/C=C/[N+](/C=C/CCCCCCCC)(/C=C/CCCCCCCC)CCS(=O)(=O)O. The first-order valence-corrected chi connectivity index (χ1v) is 17.4. The lowest BCUT2D eigenvalue weighted by atomic mass is 10.1. The molecule has 0 amide bonds. The van der Waals surface area contributed by atoms with Gasteiger partial charge in [-0.2, -0.15) is 8.42 Å².